The van der Waals surface area contributed by atoms with Gasteiger partial charge in [0.05, 0.1) is 11.8 Å². The molecule has 178 valence electrons. The van der Waals surface area contributed by atoms with Crippen molar-refractivity contribution >= 4 is 29.4 Å². The van der Waals surface area contributed by atoms with E-state index in [0.29, 0.717) is 30.8 Å². The minimum Gasteiger partial charge on any atom is -0.484 e. The molecule has 0 aromatic heterocycles. The molecule has 0 fully saturated rings. The van der Waals surface area contributed by atoms with Gasteiger partial charge in [-0.2, -0.15) is 11.8 Å². The number of amides is 2. The molecular formula is C26H34N2O4S. The van der Waals surface area contributed by atoms with Crippen molar-refractivity contribution in [3.8, 4) is 5.75 Å². The van der Waals surface area contributed by atoms with E-state index in [1.54, 1.807) is 12.1 Å². The van der Waals surface area contributed by atoms with Crippen LogP contribution in [0.2, 0.25) is 0 Å². The van der Waals surface area contributed by atoms with Crippen molar-refractivity contribution < 1.29 is 19.1 Å². The molecule has 0 saturated carbocycles. The van der Waals surface area contributed by atoms with Crippen molar-refractivity contribution in [1.29, 1.82) is 0 Å². The number of carbonyl (C=O) groups is 3. The minimum atomic E-state index is -0.738. The third-order valence-corrected chi connectivity index (χ3v) is 5.60. The first-order chi connectivity index (χ1) is 15.9. The summed E-state index contributed by atoms with van der Waals surface area (Å²) in [6.07, 6.45) is 3.51. The fourth-order valence-electron chi connectivity index (χ4n) is 3.39. The monoisotopic (exact) mass is 470 g/mol. The Morgan fingerprint density at radius 3 is 2.15 bits per heavy atom. The van der Waals surface area contributed by atoms with E-state index in [9.17, 15) is 14.4 Å². The van der Waals surface area contributed by atoms with Crippen LogP contribution in [0.1, 0.15) is 32.3 Å². The molecule has 2 atom stereocenters. The summed E-state index contributed by atoms with van der Waals surface area (Å²) in [5.74, 6) is 0.349. The van der Waals surface area contributed by atoms with E-state index >= 15 is 0 Å². The molecule has 0 aliphatic heterocycles. The third kappa shape index (κ3) is 10.1. The van der Waals surface area contributed by atoms with Crippen LogP contribution in [-0.4, -0.2) is 48.3 Å². The van der Waals surface area contributed by atoms with Crippen molar-refractivity contribution in [2.45, 2.75) is 45.2 Å². The topological polar surface area (TPSA) is 84.5 Å². The van der Waals surface area contributed by atoms with Crippen molar-refractivity contribution in [3.05, 3.63) is 66.2 Å². The smallest absolute Gasteiger partial charge is 0.258 e. The second-order valence-electron chi connectivity index (χ2n) is 8.34. The number of Topliss-reactive ketones (excluding diaryl/α,β-unsaturated/α-hetero) is 1. The van der Waals surface area contributed by atoms with Crippen LogP contribution in [-0.2, 0) is 20.8 Å². The molecule has 2 amide bonds. The number of ketones is 1. The molecular weight excluding hydrogens is 436 g/mol. The van der Waals surface area contributed by atoms with E-state index < -0.39 is 12.1 Å². The zero-order valence-electron chi connectivity index (χ0n) is 19.6. The standard InChI is InChI=1S/C26H34N2O4S/c1-19(2)16-23(27-25(30)17-32-21-12-8-5-9-13-21)26(31)28-22(24(29)18-33-3)15-14-20-10-6-4-7-11-20/h4-13,19,22-23H,14-18H2,1-3H3,(H,27,30)(H,28,31). The molecule has 0 radical (unpaired) electrons. The van der Waals surface area contributed by atoms with Gasteiger partial charge in [0.2, 0.25) is 5.91 Å². The number of carbonyl (C=O) groups excluding carboxylic acids is 3. The number of thioether (sulfide) groups is 1. The number of para-hydroxylation sites is 1. The first-order valence-electron chi connectivity index (χ1n) is 11.2. The fourth-order valence-corrected chi connectivity index (χ4v) is 3.87. The molecule has 2 aromatic carbocycles. The van der Waals surface area contributed by atoms with E-state index in [0.717, 1.165) is 5.56 Å². The summed E-state index contributed by atoms with van der Waals surface area (Å²) in [4.78, 5) is 38.2. The van der Waals surface area contributed by atoms with Gasteiger partial charge in [-0.25, -0.2) is 0 Å². The fraction of sp³-hybridized carbons (Fsp3) is 0.423. The van der Waals surface area contributed by atoms with Crippen molar-refractivity contribution in [2.75, 3.05) is 18.6 Å². The van der Waals surface area contributed by atoms with E-state index in [2.05, 4.69) is 10.6 Å². The first-order valence-corrected chi connectivity index (χ1v) is 12.6. The van der Waals surface area contributed by atoms with E-state index in [4.69, 9.17) is 4.74 Å². The summed E-state index contributed by atoms with van der Waals surface area (Å²) < 4.78 is 5.49. The number of ether oxygens (including phenoxy) is 1. The van der Waals surface area contributed by atoms with Gasteiger partial charge in [-0.15, -0.1) is 0 Å². The van der Waals surface area contributed by atoms with Crippen LogP contribution in [0, 0.1) is 5.92 Å². The maximum atomic E-state index is 13.1. The molecule has 0 bridgehead atoms. The molecule has 2 rings (SSSR count). The van der Waals surface area contributed by atoms with E-state index in [-0.39, 0.29) is 30.1 Å². The number of rotatable bonds is 14. The quantitative estimate of drug-likeness (QED) is 0.440. The van der Waals surface area contributed by atoms with Gasteiger partial charge < -0.3 is 15.4 Å². The average molecular weight is 471 g/mol. The zero-order valence-corrected chi connectivity index (χ0v) is 20.4. The molecule has 2 unspecified atom stereocenters. The Bertz CT molecular complexity index is 874. The highest BCUT2D eigenvalue weighted by atomic mass is 32.2. The normalized spacial score (nSPS) is 12.6. The van der Waals surface area contributed by atoms with Crippen LogP contribution in [0.5, 0.6) is 5.75 Å². The van der Waals surface area contributed by atoms with Crippen LogP contribution in [0.4, 0.5) is 0 Å². The van der Waals surface area contributed by atoms with Gasteiger partial charge in [0.1, 0.15) is 11.8 Å². The second-order valence-corrected chi connectivity index (χ2v) is 9.20. The Morgan fingerprint density at radius 1 is 0.909 bits per heavy atom. The molecule has 2 aromatic rings. The van der Waals surface area contributed by atoms with Crippen molar-refractivity contribution in [1.82, 2.24) is 10.6 Å². The largest absolute Gasteiger partial charge is 0.484 e. The summed E-state index contributed by atoms with van der Waals surface area (Å²) in [6.45, 7) is 3.78. The van der Waals surface area contributed by atoms with Crippen LogP contribution in [0.3, 0.4) is 0 Å². The maximum absolute atomic E-state index is 13.1. The Labute approximate surface area is 200 Å². The van der Waals surface area contributed by atoms with Crippen molar-refractivity contribution in [3.63, 3.8) is 0 Å². The lowest BCUT2D eigenvalue weighted by Crippen LogP contribution is -2.53. The lowest BCUT2D eigenvalue weighted by Gasteiger charge is -2.24. The molecule has 0 aliphatic rings. The Hall–Kier alpha value is -2.80. The Kier molecular flexibility index (Phi) is 11.5. The molecule has 2 N–H and O–H groups in total. The van der Waals surface area contributed by atoms with E-state index in [1.165, 1.54) is 11.8 Å². The number of nitrogens with one attached hydrogen (secondary N) is 2. The average Bonchev–Trinajstić information content (AvgIpc) is 2.81. The number of hydrogen-bond acceptors (Lipinski definition) is 5. The summed E-state index contributed by atoms with van der Waals surface area (Å²) in [5.41, 5.74) is 1.11. The summed E-state index contributed by atoms with van der Waals surface area (Å²) in [7, 11) is 0. The SMILES string of the molecule is CSCC(=O)C(CCc1ccccc1)NC(=O)C(CC(C)C)NC(=O)COc1ccccc1. The molecule has 33 heavy (non-hydrogen) atoms. The van der Waals surface area contributed by atoms with Crippen LogP contribution >= 0.6 is 11.8 Å². The van der Waals surface area contributed by atoms with Crippen molar-refractivity contribution in [2.24, 2.45) is 5.92 Å². The number of aryl methyl sites for hydroxylation is 1. The number of hydrogen-bond donors (Lipinski definition) is 2. The predicted molar refractivity (Wildman–Crippen MR) is 133 cm³/mol. The number of benzene rings is 2. The maximum Gasteiger partial charge on any atom is 0.258 e. The minimum absolute atomic E-state index is 0.0196. The lowest BCUT2D eigenvalue weighted by atomic mass is 10.00. The van der Waals surface area contributed by atoms with Crippen LogP contribution in [0.15, 0.2) is 60.7 Å². The molecule has 0 heterocycles. The molecule has 0 saturated heterocycles. The van der Waals surface area contributed by atoms with Gasteiger partial charge >= 0.3 is 0 Å². The third-order valence-electron chi connectivity index (χ3n) is 5.03. The molecule has 0 aliphatic carbocycles. The van der Waals surface area contributed by atoms with Crippen LogP contribution in [0.25, 0.3) is 0 Å². The summed E-state index contributed by atoms with van der Waals surface area (Å²) in [5, 5.41) is 5.68. The van der Waals surface area contributed by atoms with Gasteiger partial charge in [0.15, 0.2) is 12.4 Å². The molecule has 0 spiro atoms. The Morgan fingerprint density at radius 2 is 1.55 bits per heavy atom. The lowest BCUT2D eigenvalue weighted by molar-refractivity contribution is -0.132. The van der Waals surface area contributed by atoms with E-state index in [1.807, 2.05) is 68.6 Å². The van der Waals surface area contributed by atoms with Gasteiger partial charge in [0.25, 0.3) is 5.91 Å². The first kappa shape index (κ1) is 26.5. The molecule has 6 nitrogen and oxygen atoms in total. The Balaban J connectivity index is 2.00. The van der Waals surface area contributed by atoms with Gasteiger partial charge in [-0.1, -0.05) is 62.4 Å². The predicted octanol–water partition coefficient (Wildman–Crippen LogP) is 3.65. The highest BCUT2D eigenvalue weighted by Crippen LogP contribution is 2.11. The van der Waals surface area contributed by atoms with Gasteiger partial charge in [-0.05, 0) is 49.1 Å². The van der Waals surface area contributed by atoms with Gasteiger partial charge in [-0.3, -0.25) is 14.4 Å². The van der Waals surface area contributed by atoms with Crippen LogP contribution < -0.4 is 15.4 Å². The summed E-state index contributed by atoms with van der Waals surface area (Å²) >= 11 is 1.43. The highest BCUT2D eigenvalue weighted by Gasteiger charge is 2.27. The second kappa shape index (κ2) is 14.4. The van der Waals surface area contributed by atoms with Gasteiger partial charge in [0, 0.05) is 0 Å². The zero-order chi connectivity index (χ0) is 24.1. The summed E-state index contributed by atoms with van der Waals surface area (Å²) in [6, 6.07) is 17.6. The molecule has 7 heteroatoms. The highest BCUT2D eigenvalue weighted by molar-refractivity contribution is 7.99.